The van der Waals surface area contributed by atoms with Crippen LogP contribution in [0.3, 0.4) is 0 Å². The maximum absolute atomic E-state index is 12.7. The van der Waals surface area contributed by atoms with Crippen LogP contribution in [-0.2, 0) is 19.3 Å². The van der Waals surface area contributed by atoms with E-state index in [1.54, 1.807) is 7.05 Å². The van der Waals surface area contributed by atoms with Crippen molar-refractivity contribution in [2.24, 2.45) is 4.99 Å². The first kappa shape index (κ1) is 27.4. The Morgan fingerprint density at radius 3 is 2.45 bits per heavy atom. The fourth-order valence-electron chi connectivity index (χ4n) is 2.70. The number of aromatic nitrogens is 1. The number of benzene rings is 1. The fraction of sp³-hybridized carbons (Fsp3) is 0.500. The number of guanidine groups is 1. The van der Waals surface area contributed by atoms with Gasteiger partial charge < -0.3 is 20.3 Å². The third kappa shape index (κ3) is 9.19. The average molecular weight is 571 g/mol. The number of ether oxygens (including phenoxy) is 1. The minimum atomic E-state index is -4.43. The highest BCUT2D eigenvalue weighted by atomic mass is 127. The molecule has 2 rings (SSSR count). The van der Waals surface area contributed by atoms with Crippen molar-refractivity contribution in [3.63, 3.8) is 0 Å². The number of rotatable bonds is 10. The summed E-state index contributed by atoms with van der Waals surface area (Å²) in [5, 5.41) is 7.49. The number of likely N-dealkylation sites (N-methyl/N-ethyl adjacent to an activating group) is 1. The molecule has 31 heavy (non-hydrogen) atoms. The molecule has 0 aliphatic carbocycles. The van der Waals surface area contributed by atoms with E-state index in [9.17, 15) is 13.2 Å². The maximum atomic E-state index is 12.7. The molecular formula is C20H29F3IN5OS. The molecule has 2 N–H and O–H groups in total. The van der Waals surface area contributed by atoms with Gasteiger partial charge in [0.05, 0.1) is 6.54 Å². The smallest absolute Gasteiger partial charge is 0.434 e. The lowest BCUT2D eigenvalue weighted by Gasteiger charge is -2.19. The van der Waals surface area contributed by atoms with Crippen LogP contribution in [0.4, 0.5) is 13.2 Å². The Morgan fingerprint density at radius 1 is 1.16 bits per heavy atom. The molecule has 0 bridgehead atoms. The first-order valence-corrected chi connectivity index (χ1v) is 10.6. The van der Waals surface area contributed by atoms with Crippen LogP contribution in [0.15, 0.2) is 34.6 Å². The summed E-state index contributed by atoms with van der Waals surface area (Å²) < 4.78 is 43.9. The van der Waals surface area contributed by atoms with Crippen LogP contribution in [0.2, 0.25) is 0 Å². The van der Waals surface area contributed by atoms with Crippen molar-refractivity contribution >= 4 is 41.3 Å². The Bertz CT molecular complexity index is 812. The molecular weight excluding hydrogens is 542 g/mol. The molecule has 1 aromatic heterocycles. The van der Waals surface area contributed by atoms with Gasteiger partial charge in [0, 0.05) is 31.1 Å². The monoisotopic (exact) mass is 571 g/mol. The van der Waals surface area contributed by atoms with Crippen LogP contribution >= 0.6 is 35.3 Å². The normalized spacial score (nSPS) is 11.9. The third-order valence-electron chi connectivity index (χ3n) is 4.45. The molecule has 0 fully saturated rings. The Kier molecular flexibility index (Phi) is 12.2. The van der Waals surface area contributed by atoms with E-state index in [4.69, 9.17) is 4.74 Å². The van der Waals surface area contributed by atoms with Crippen molar-refractivity contribution in [3.8, 4) is 5.75 Å². The molecule has 6 nitrogen and oxygen atoms in total. The van der Waals surface area contributed by atoms with Gasteiger partial charge in [-0.05, 0) is 19.2 Å². The molecule has 0 aliphatic heterocycles. The summed E-state index contributed by atoms with van der Waals surface area (Å²) in [6.45, 7) is 8.27. The number of aliphatic imine (C=N–C) groups is 1. The summed E-state index contributed by atoms with van der Waals surface area (Å²) in [6, 6.07) is 7.73. The molecule has 2 aromatic rings. The number of hydrogen-bond donors (Lipinski definition) is 2. The van der Waals surface area contributed by atoms with Gasteiger partial charge in [-0.1, -0.05) is 32.0 Å². The standard InChI is InChI=1S/C20H28F3N5OS.HI/c1-4-28(5-2)10-11-29-16-9-7-6-8-15(16)12-25-19(24-3)26-13-18-27-17(14-30-18)20(21,22)23;/h6-9,14H,4-5,10-13H2,1-3H3,(H2,24,25,26);1H. The third-order valence-corrected chi connectivity index (χ3v) is 5.30. The fourth-order valence-corrected chi connectivity index (χ4v) is 3.44. The lowest BCUT2D eigenvalue weighted by atomic mass is 10.2. The SMILES string of the molecule is CCN(CC)CCOc1ccccc1CNC(=NC)NCc1nc(C(F)(F)F)cs1.I. The number of halogens is 4. The number of nitrogens with one attached hydrogen (secondary N) is 2. The minimum Gasteiger partial charge on any atom is -0.492 e. The second kappa shape index (κ2) is 13.7. The van der Waals surface area contributed by atoms with Crippen molar-refractivity contribution < 1.29 is 17.9 Å². The van der Waals surface area contributed by atoms with Crippen LogP contribution < -0.4 is 15.4 Å². The molecule has 0 saturated carbocycles. The van der Waals surface area contributed by atoms with Gasteiger partial charge in [0.25, 0.3) is 0 Å². The zero-order chi connectivity index (χ0) is 22.0. The average Bonchev–Trinajstić information content (AvgIpc) is 3.22. The van der Waals surface area contributed by atoms with Crippen molar-refractivity contribution in [2.75, 3.05) is 33.3 Å². The molecule has 174 valence electrons. The summed E-state index contributed by atoms with van der Waals surface area (Å²) in [6.07, 6.45) is -4.43. The predicted octanol–water partition coefficient (Wildman–Crippen LogP) is 4.37. The van der Waals surface area contributed by atoms with E-state index in [0.29, 0.717) is 24.1 Å². The van der Waals surface area contributed by atoms with Gasteiger partial charge in [0.2, 0.25) is 0 Å². The van der Waals surface area contributed by atoms with Crippen LogP contribution in [0.25, 0.3) is 0 Å². The second-order valence-corrected chi connectivity index (χ2v) is 7.33. The summed E-state index contributed by atoms with van der Waals surface area (Å²) in [7, 11) is 1.60. The van der Waals surface area contributed by atoms with E-state index in [1.165, 1.54) is 0 Å². The Morgan fingerprint density at radius 2 is 1.84 bits per heavy atom. The minimum absolute atomic E-state index is 0. The number of thiazole rings is 1. The van der Waals surface area contributed by atoms with Gasteiger partial charge in [-0.25, -0.2) is 4.98 Å². The van der Waals surface area contributed by atoms with Gasteiger partial charge in [-0.3, -0.25) is 4.99 Å². The van der Waals surface area contributed by atoms with Gasteiger partial charge in [-0.2, -0.15) is 13.2 Å². The molecule has 0 spiro atoms. The van der Waals surface area contributed by atoms with E-state index in [2.05, 4.69) is 39.4 Å². The Labute approximate surface area is 202 Å². The van der Waals surface area contributed by atoms with E-state index in [0.717, 1.165) is 47.7 Å². The van der Waals surface area contributed by atoms with Gasteiger partial charge in [0.15, 0.2) is 11.7 Å². The van der Waals surface area contributed by atoms with Crippen LogP contribution in [0, 0.1) is 0 Å². The van der Waals surface area contributed by atoms with Crippen molar-refractivity contribution in [1.29, 1.82) is 0 Å². The van der Waals surface area contributed by atoms with Gasteiger partial charge >= 0.3 is 6.18 Å². The highest BCUT2D eigenvalue weighted by Gasteiger charge is 2.33. The zero-order valence-corrected chi connectivity index (χ0v) is 21.0. The molecule has 0 atom stereocenters. The van der Waals surface area contributed by atoms with Crippen LogP contribution in [0.1, 0.15) is 30.1 Å². The quantitative estimate of drug-likeness (QED) is 0.252. The topological polar surface area (TPSA) is 61.8 Å². The molecule has 1 heterocycles. The van der Waals surface area contributed by atoms with Crippen molar-refractivity contribution in [1.82, 2.24) is 20.5 Å². The highest BCUT2D eigenvalue weighted by Crippen LogP contribution is 2.29. The first-order chi connectivity index (χ1) is 14.4. The second-order valence-electron chi connectivity index (χ2n) is 6.39. The Balaban J connectivity index is 0.00000480. The van der Waals surface area contributed by atoms with E-state index >= 15 is 0 Å². The lowest BCUT2D eigenvalue weighted by molar-refractivity contribution is -0.140. The summed E-state index contributed by atoms with van der Waals surface area (Å²) in [5.41, 5.74) is 0.0941. The first-order valence-electron chi connectivity index (χ1n) is 9.76. The largest absolute Gasteiger partial charge is 0.492 e. The van der Waals surface area contributed by atoms with Crippen LogP contribution in [-0.4, -0.2) is 49.1 Å². The summed E-state index contributed by atoms with van der Waals surface area (Å²) in [5.74, 6) is 1.26. The highest BCUT2D eigenvalue weighted by molar-refractivity contribution is 14.0. The molecule has 0 unspecified atom stereocenters. The number of nitrogens with zero attached hydrogens (tertiary/aromatic N) is 3. The molecule has 0 aliphatic rings. The molecule has 0 saturated heterocycles. The molecule has 0 amide bonds. The summed E-state index contributed by atoms with van der Waals surface area (Å²) in [4.78, 5) is 10.0. The van der Waals surface area contributed by atoms with Gasteiger partial charge in [-0.15, -0.1) is 35.3 Å². The molecule has 0 radical (unpaired) electrons. The number of hydrogen-bond acceptors (Lipinski definition) is 5. The Hall–Kier alpha value is -1.60. The molecule has 1 aromatic carbocycles. The van der Waals surface area contributed by atoms with Crippen molar-refractivity contribution in [3.05, 3.63) is 45.9 Å². The predicted molar refractivity (Wildman–Crippen MR) is 129 cm³/mol. The van der Waals surface area contributed by atoms with Gasteiger partial charge in [0.1, 0.15) is 17.4 Å². The van der Waals surface area contributed by atoms with E-state index in [-0.39, 0.29) is 30.5 Å². The zero-order valence-electron chi connectivity index (χ0n) is 17.8. The van der Waals surface area contributed by atoms with Crippen molar-refractivity contribution in [2.45, 2.75) is 33.1 Å². The summed E-state index contributed by atoms with van der Waals surface area (Å²) >= 11 is 0.960. The molecule has 11 heteroatoms. The van der Waals surface area contributed by atoms with E-state index in [1.807, 2.05) is 24.3 Å². The number of para-hydroxylation sites is 1. The number of alkyl halides is 3. The van der Waals surface area contributed by atoms with E-state index < -0.39 is 11.9 Å². The maximum Gasteiger partial charge on any atom is 0.434 e. The lowest BCUT2D eigenvalue weighted by Crippen LogP contribution is -2.36. The van der Waals surface area contributed by atoms with Crippen LogP contribution in [0.5, 0.6) is 5.75 Å².